The van der Waals surface area contributed by atoms with Crippen molar-refractivity contribution in [3.8, 4) is 17.2 Å². The summed E-state index contributed by atoms with van der Waals surface area (Å²) in [7, 11) is 0. The van der Waals surface area contributed by atoms with Gasteiger partial charge in [0.1, 0.15) is 5.60 Å². The van der Waals surface area contributed by atoms with Crippen molar-refractivity contribution in [2.45, 2.75) is 355 Å². The Hall–Kier alpha value is -2.72. The van der Waals surface area contributed by atoms with E-state index in [4.69, 9.17) is 29.0 Å². The molecule has 1 aliphatic heterocycles. The van der Waals surface area contributed by atoms with Gasteiger partial charge in [-0.2, -0.15) is 9.78 Å². The van der Waals surface area contributed by atoms with E-state index in [1.54, 1.807) is 21.9 Å². The number of benzene rings is 1. The zero-order valence-corrected chi connectivity index (χ0v) is 53.7. The summed E-state index contributed by atoms with van der Waals surface area (Å²) in [6.07, 6.45) is 62.4. The third-order valence-electron chi connectivity index (χ3n) is 16.2. The fourth-order valence-corrected chi connectivity index (χ4v) is 11.0. The van der Waals surface area contributed by atoms with Gasteiger partial charge >= 0.3 is 6.09 Å². The Morgan fingerprint density at radius 2 is 0.637 bits per heavy atom. The molecule has 1 aromatic carbocycles. The molecule has 0 N–H and O–H groups in total. The van der Waals surface area contributed by atoms with Gasteiger partial charge in [0.05, 0.1) is 19.8 Å². The highest BCUT2D eigenvalue weighted by Crippen LogP contribution is 2.40. The second-order valence-electron chi connectivity index (χ2n) is 25.1. The fraction of sp³-hybridized carbons (Fsp3) is 0.886. The molecule has 1 heterocycles. The first kappa shape index (κ1) is 73.4. The average Bonchev–Trinajstić information content (AvgIpc) is 3.45. The van der Waals surface area contributed by atoms with E-state index in [9.17, 15) is 9.59 Å². The standard InChI is InChI=1S/C70H130N2O8/c1-7-10-13-16-19-22-25-28-31-34-37-40-43-46-49-52-59-75-65-62-64(68(73)71-55-57-72(58-56-71)69(74)78-70(4,5)6)63-66(79-76-60-53-50-47-44-41-38-35-32-29-26-23-20-17-14-11-8-2)67(65)80-77-61-54-51-48-45-42-39-36-33-30-27-24-21-18-15-12-9-3/h62-63H,7-61H2,1-6H3. The molecule has 0 unspecified atom stereocenters. The smallest absolute Gasteiger partial charge is 0.410 e. The molecule has 0 radical (unpaired) electrons. The number of nitrogens with zero attached hydrogens (tertiary/aromatic N) is 2. The summed E-state index contributed by atoms with van der Waals surface area (Å²) >= 11 is 0. The number of hydrogen-bond acceptors (Lipinski definition) is 8. The molecule has 0 bridgehead atoms. The van der Waals surface area contributed by atoms with E-state index in [1.807, 2.05) is 20.8 Å². The minimum atomic E-state index is -0.587. The van der Waals surface area contributed by atoms with Crippen LogP contribution in [0.2, 0.25) is 0 Å². The summed E-state index contributed by atoms with van der Waals surface area (Å²) in [6.45, 7) is 15.4. The molecule has 2 rings (SSSR count). The molecule has 10 heteroatoms. The van der Waals surface area contributed by atoms with Crippen LogP contribution < -0.4 is 14.5 Å². The minimum Gasteiger partial charge on any atom is -0.489 e. The molecule has 10 nitrogen and oxygen atoms in total. The van der Waals surface area contributed by atoms with Gasteiger partial charge in [0.2, 0.25) is 5.75 Å². The molecule has 0 spiro atoms. The van der Waals surface area contributed by atoms with E-state index in [0.717, 1.165) is 38.5 Å². The van der Waals surface area contributed by atoms with Crippen LogP contribution in [0.5, 0.6) is 17.2 Å². The summed E-state index contributed by atoms with van der Waals surface area (Å²) in [6, 6.07) is 3.47. The Morgan fingerprint density at radius 3 is 0.963 bits per heavy atom. The highest BCUT2D eigenvalue weighted by atomic mass is 17.2. The van der Waals surface area contributed by atoms with Crippen LogP contribution in [-0.2, 0) is 14.5 Å². The van der Waals surface area contributed by atoms with E-state index in [0.29, 0.717) is 63.1 Å². The summed E-state index contributed by atoms with van der Waals surface area (Å²) in [5.41, 5.74) is -0.167. The number of carbonyl (C=O) groups excluding carboxylic acids is 2. The second-order valence-corrected chi connectivity index (χ2v) is 25.1. The maximum atomic E-state index is 14.3. The average molecular weight is 1130 g/mol. The number of ether oxygens (including phenoxy) is 2. The lowest BCUT2D eigenvalue weighted by molar-refractivity contribution is -0.229. The van der Waals surface area contributed by atoms with E-state index >= 15 is 0 Å². The Balaban J connectivity index is 1.98. The lowest BCUT2D eigenvalue weighted by Gasteiger charge is -2.35. The number of piperazine rings is 1. The molecular weight excluding hydrogens is 997 g/mol. The quantitative estimate of drug-likeness (QED) is 0.0362. The lowest BCUT2D eigenvalue weighted by Crippen LogP contribution is -2.51. The predicted molar refractivity (Wildman–Crippen MR) is 337 cm³/mol. The highest BCUT2D eigenvalue weighted by Gasteiger charge is 2.30. The van der Waals surface area contributed by atoms with Crippen molar-refractivity contribution in [2.75, 3.05) is 46.0 Å². The van der Waals surface area contributed by atoms with Crippen LogP contribution in [0.25, 0.3) is 0 Å². The zero-order valence-electron chi connectivity index (χ0n) is 53.7. The van der Waals surface area contributed by atoms with Crippen LogP contribution in [0, 0.1) is 0 Å². The van der Waals surface area contributed by atoms with Crippen LogP contribution in [0.3, 0.4) is 0 Å². The lowest BCUT2D eigenvalue weighted by atomic mass is 10.0. The summed E-state index contributed by atoms with van der Waals surface area (Å²) < 4.78 is 12.2. The van der Waals surface area contributed by atoms with Crippen molar-refractivity contribution in [2.24, 2.45) is 0 Å². The van der Waals surface area contributed by atoms with Crippen LogP contribution >= 0.6 is 0 Å². The Labute approximate surface area is 494 Å². The number of rotatable bonds is 57. The molecule has 1 saturated heterocycles. The van der Waals surface area contributed by atoms with E-state index in [-0.39, 0.29) is 17.7 Å². The van der Waals surface area contributed by atoms with Gasteiger partial charge in [-0.3, -0.25) is 4.79 Å². The third-order valence-corrected chi connectivity index (χ3v) is 16.2. The minimum absolute atomic E-state index is 0.163. The highest BCUT2D eigenvalue weighted by molar-refractivity contribution is 5.95. The normalized spacial score (nSPS) is 12.9. The number of hydrogen-bond donors (Lipinski definition) is 0. The van der Waals surface area contributed by atoms with Crippen LogP contribution in [0.1, 0.15) is 360 Å². The third kappa shape index (κ3) is 42.1. The van der Waals surface area contributed by atoms with Gasteiger partial charge in [0, 0.05) is 37.8 Å². The summed E-state index contributed by atoms with van der Waals surface area (Å²) in [5.74, 6) is 0.825. The molecule has 1 aliphatic rings. The van der Waals surface area contributed by atoms with Crippen molar-refractivity contribution in [3.05, 3.63) is 17.7 Å². The van der Waals surface area contributed by atoms with Crippen molar-refractivity contribution in [1.29, 1.82) is 0 Å². The topological polar surface area (TPSA) is 96.0 Å². The maximum Gasteiger partial charge on any atom is 0.410 e. The first-order chi connectivity index (χ1) is 39.2. The number of carbonyl (C=O) groups is 2. The second kappa shape index (κ2) is 53.0. The van der Waals surface area contributed by atoms with Crippen molar-refractivity contribution >= 4 is 12.0 Å². The van der Waals surface area contributed by atoms with E-state index < -0.39 is 5.60 Å². The van der Waals surface area contributed by atoms with Crippen LogP contribution in [0.4, 0.5) is 4.79 Å². The number of amides is 2. The van der Waals surface area contributed by atoms with Gasteiger partial charge in [-0.25, -0.2) is 4.79 Å². The van der Waals surface area contributed by atoms with Gasteiger partial charge in [-0.05, 0) is 46.1 Å². The van der Waals surface area contributed by atoms with E-state index in [2.05, 4.69) is 20.8 Å². The summed E-state index contributed by atoms with van der Waals surface area (Å²) in [5, 5.41) is 0. The molecule has 80 heavy (non-hydrogen) atoms. The maximum absolute atomic E-state index is 14.3. The Kier molecular flexibility index (Phi) is 48.7. The van der Waals surface area contributed by atoms with Gasteiger partial charge in [-0.1, -0.05) is 310 Å². The molecule has 1 aromatic rings. The molecule has 1 fully saturated rings. The largest absolute Gasteiger partial charge is 0.489 e. The molecular formula is C70H130N2O8. The molecule has 0 atom stereocenters. The SMILES string of the molecule is CCCCCCCCCCCCCCCCCCOOc1cc(C(=O)N2CCN(C(=O)OC(C)(C)C)CC2)cc(OCCCCCCCCCCCCCCCCCC)c1OOCCCCCCCCCCCCCCCCCC. The predicted octanol–water partition coefficient (Wildman–Crippen LogP) is 22.2. The van der Waals surface area contributed by atoms with Crippen LogP contribution in [-0.4, -0.2) is 73.4 Å². The van der Waals surface area contributed by atoms with Crippen LogP contribution in [0.15, 0.2) is 12.1 Å². The number of unbranched alkanes of at least 4 members (excludes halogenated alkanes) is 45. The van der Waals surface area contributed by atoms with Gasteiger partial charge < -0.3 is 29.0 Å². The van der Waals surface area contributed by atoms with Gasteiger partial charge in [0.25, 0.3) is 11.7 Å². The fourth-order valence-electron chi connectivity index (χ4n) is 11.0. The Morgan fingerprint density at radius 1 is 0.362 bits per heavy atom. The Bertz CT molecular complexity index is 1540. The molecule has 468 valence electrons. The summed E-state index contributed by atoms with van der Waals surface area (Å²) in [4.78, 5) is 54.6. The molecule has 2 amide bonds. The first-order valence-electron chi connectivity index (χ1n) is 34.9. The van der Waals surface area contributed by atoms with E-state index in [1.165, 1.54) is 270 Å². The van der Waals surface area contributed by atoms with Gasteiger partial charge in [0.15, 0.2) is 5.75 Å². The molecule has 0 aromatic heterocycles. The molecule has 0 aliphatic carbocycles. The van der Waals surface area contributed by atoms with Gasteiger partial charge in [-0.15, -0.1) is 0 Å². The zero-order chi connectivity index (χ0) is 57.7. The van der Waals surface area contributed by atoms with Crippen molar-refractivity contribution in [3.63, 3.8) is 0 Å². The molecule has 0 saturated carbocycles. The van der Waals surface area contributed by atoms with Crippen molar-refractivity contribution < 1.29 is 38.6 Å². The monoisotopic (exact) mass is 1130 g/mol. The van der Waals surface area contributed by atoms with Crippen molar-refractivity contribution in [1.82, 2.24) is 9.80 Å². The first-order valence-corrected chi connectivity index (χ1v) is 34.9.